The second-order valence-electron chi connectivity index (χ2n) is 4.45. The molecule has 1 atom stereocenters. The molecule has 0 saturated carbocycles. The van der Waals surface area contributed by atoms with Crippen LogP contribution in [0.3, 0.4) is 0 Å². The minimum Gasteiger partial charge on any atom is -0.366 e. The molecule has 18 heavy (non-hydrogen) atoms. The molecule has 0 saturated heterocycles. The monoisotopic (exact) mass is 245 g/mol. The molecule has 0 aliphatic heterocycles. The Bertz CT molecular complexity index is 492. The van der Waals surface area contributed by atoms with Gasteiger partial charge in [-0.15, -0.1) is 0 Å². The molecule has 5 heteroatoms. The van der Waals surface area contributed by atoms with Gasteiger partial charge in [-0.3, -0.25) is 0 Å². The van der Waals surface area contributed by atoms with E-state index >= 15 is 0 Å². The van der Waals surface area contributed by atoms with Crippen molar-refractivity contribution < 1.29 is 0 Å². The molecule has 2 heterocycles. The lowest BCUT2D eigenvalue weighted by Crippen LogP contribution is -2.22. The van der Waals surface area contributed by atoms with E-state index in [1.54, 1.807) is 6.20 Å². The Morgan fingerprint density at radius 1 is 1.39 bits per heavy atom. The molecule has 2 rings (SSSR count). The molecule has 0 aromatic carbocycles. The van der Waals surface area contributed by atoms with Gasteiger partial charge in [0.1, 0.15) is 11.6 Å². The molecule has 96 valence electrons. The molecule has 2 aromatic rings. The Labute approximate surface area is 107 Å². The smallest absolute Gasteiger partial charge is 0.130 e. The van der Waals surface area contributed by atoms with Crippen LogP contribution in [0.25, 0.3) is 0 Å². The minimum absolute atomic E-state index is 0.290. The van der Waals surface area contributed by atoms with Crippen molar-refractivity contribution >= 4 is 5.82 Å². The molecule has 0 aliphatic rings. The molecular weight excluding hydrogens is 226 g/mol. The fourth-order valence-electron chi connectivity index (χ4n) is 1.89. The summed E-state index contributed by atoms with van der Waals surface area (Å²) in [7, 11) is 0. The number of hydrogen-bond acceptors (Lipinski definition) is 4. The van der Waals surface area contributed by atoms with Gasteiger partial charge in [0.15, 0.2) is 0 Å². The van der Waals surface area contributed by atoms with Gasteiger partial charge in [0, 0.05) is 36.7 Å². The Hall–Kier alpha value is -1.91. The predicted molar refractivity (Wildman–Crippen MR) is 71.5 cm³/mol. The van der Waals surface area contributed by atoms with Crippen molar-refractivity contribution in [3.63, 3.8) is 0 Å². The number of aromatic nitrogens is 4. The standard InChI is InChI=1S/C13H19N5/c1-4-12-7-13(17-11(3)16-12)15-10(2)8-18-6-5-14-9-18/h5-7,9-10H,4,8H2,1-3H3,(H,15,16,17). The van der Waals surface area contributed by atoms with Gasteiger partial charge in [0.2, 0.25) is 0 Å². The van der Waals surface area contributed by atoms with E-state index in [-0.39, 0.29) is 0 Å². The summed E-state index contributed by atoms with van der Waals surface area (Å²) < 4.78 is 2.05. The summed E-state index contributed by atoms with van der Waals surface area (Å²) in [5, 5.41) is 3.40. The van der Waals surface area contributed by atoms with E-state index in [1.807, 2.05) is 30.1 Å². The van der Waals surface area contributed by atoms with Gasteiger partial charge < -0.3 is 9.88 Å². The summed E-state index contributed by atoms with van der Waals surface area (Å²) in [5.74, 6) is 1.71. The van der Waals surface area contributed by atoms with Gasteiger partial charge in [0.05, 0.1) is 6.33 Å². The van der Waals surface area contributed by atoms with Crippen LogP contribution in [-0.4, -0.2) is 25.6 Å². The first kappa shape index (κ1) is 12.5. The fourth-order valence-corrected chi connectivity index (χ4v) is 1.89. The van der Waals surface area contributed by atoms with E-state index in [0.29, 0.717) is 6.04 Å². The van der Waals surface area contributed by atoms with Crippen molar-refractivity contribution in [2.75, 3.05) is 5.32 Å². The lowest BCUT2D eigenvalue weighted by Gasteiger charge is -2.15. The maximum Gasteiger partial charge on any atom is 0.130 e. The highest BCUT2D eigenvalue weighted by Crippen LogP contribution is 2.09. The lowest BCUT2D eigenvalue weighted by atomic mass is 10.3. The van der Waals surface area contributed by atoms with Crippen LogP contribution in [0.4, 0.5) is 5.82 Å². The third-order valence-electron chi connectivity index (χ3n) is 2.69. The zero-order chi connectivity index (χ0) is 13.0. The molecule has 0 bridgehead atoms. The fraction of sp³-hybridized carbons (Fsp3) is 0.462. The number of hydrogen-bond donors (Lipinski definition) is 1. The maximum atomic E-state index is 4.40. The summed E-state index contributed by atoms with van der Waals surface area (Å²) in [5.41, 5.74) is 1.07. The summed E-state index contributed by atoms with van der Waals surface area (Å²) in [6.45, 7) is 7.01. The average molecular weight is 245 g/mol. The van der Waals surface area contributed by atoms with Crippen LogP contribution >= 0.6 is 0 Å². The summed E-state index contributed by atoms with van der Waals surface area (Å²) in [6, 6.07) is 2.30. The van der Waals surface area contributed by atoms with E-state index in [2.05, 4.69) is 34.1 Å². The Morgan fingerprint density at radius 3 is 2.89 bits per heavy atom. The van der Waals surface area contributed by atoms with Gasteiger partial charge in [-0.25, -0.2) is 15.0 Å². The van der Waals surface area contributed by atoms with Gasteiger partial charge in [-0.2, -0.15) is 0 Å². The van der Waals surface area contributed by atoms with Crippen LogP contribution < -0.4 is 5.32 Å². The van der Waals surface area contributed by atoms with Crippen LogP contribution in [0.2, 0.25) is 0 Å². The molecule has 0 aliphatic carbocycles. The second-order valence-corrected chi connectivity index (χ2v) is 4.45. The van der Waals surface area contributed by atoms with E-state index in [4.69, 9.17) is 0 Å². The van der Waals surface area contributed by atoms with Crippen molar-refractivity contribution in [3.05, 3.63) is 36.3 Å². The van der Waals surface area contributed by atoms with Gasteiger partial charge in [0.25, 0.3) is 0 Å². The van der Waals surface area contributed by atoms with E-state index in [1.165, 1.54) is 0 Å². The lowest BCUT2D eigenvalue weighted by molar-refractivity contribution is 0.616. The van der Waals surface area contributed by atoms with Crippen LogP contribution in [-0.2, 0) is 13.0 Å². The highest BCUT2D eigenvalue weighted by Gasteiger charge is 2.06. The van der Waals surface area contributed by atoms with Crippen LogP contribution in [0.1, 0.15) is 25.4 Å². The first-order valence-electron chi connectivity index (χ1n) is 6.24. The zero-order valence-electron chi connectivity index (χ0n) is 11.1. The Morgan fingerprint density at radius 2 is 2.22 bits per heavy atom. The first-order valence-corrected chi connectivity index (χ1v) is 6.24. The molecule has 0 spiro atoms. The van der Waals surface area contributed by atoms with Crippen molar-refractivity contribution in [3.8, 4) is 0 Å². The third kappa shape index (κ3) is 3.29. The number of nitrogens with one attached hydrogen (secondary N) is 1. The summed E-state index contributed by atoms with van der Waals surface area (Å²) in [6.07, 6.45) is 6.49. The maximum absolute atomic E-state index is 4.40. The van der Waals surface area contributed by atoms with Crippen molar-refractivity contribution in [2.24, 2.45) is 0 Å². The third-order valence-corrected chi connectivity index (χ3v) is 2.69. The van der Waals surface area contributed by atoms with Gasteiger partial charge >= 0.3 is 0 Å². The molecular formula is C13H19N5. The molecule has 0 amide bonds. The first-order chi connectivity index (χ1) is 8.67. The second kappa shape index (κ2) is 5.62. The topological polar surface area (TPSA) is 55.6 Å². The highest BCUT2D eigenvalue weighted by molar-refractivity contribution is 5.36. The molecule has 2 aromatic heterocycles. The van der Waals surface area contributed by atoms with E-state index in [0.717, 1.165) is 30.3 Å². The number of rotatable bonds is 5. The predicted octanol–water partition coefficient (Wildman–Crippen LogP) is 2.04. The molecule has 0 fully saturated rings. The minimum atomic E-state index is 0.290. The Kier molecular flexibility index (Phi) is 3.92. The summed E-state index contributed by atoms with van der Waals surface area (Å²) in [4.78, 5) is 12.8. The molecule has 0 radical (unpaired) electrons. The number of nitrogens with zero attached hydrogens (tertiary/aromatic N) is 4. The molecule has 1 unspecified atom stereocenters. The largest absolute Gasteiger partial charge is 0.366 e. The van der Waals surface area contributed by atoms with E-state index < -0.39 is 0 Å². The quantitative estimate of drug-likeness (QED) is 0.876. The van der Waals surface area contributed by atoms with Crippen molar-refractivity contribution in [2.45, 2.75) is 39.8 Å². The number of imidazole rings is 1. The Balaban J connectivity index is 2.02. The van der Waals surface area contributed by atoms with Gasteiger partial charge in [-0.1, -0.05) is 6.92 Å². The zero-order valence-corrected chi connectivity index (χ0v) is 11.1. The van der Waals surface area contributed by atoms with Crippen molar-refractivity contribution in [1.29, 1.82) is 0 Å². The van der Waals surface area contributed by atoms with Gasteiger partial charge in [-0.05, 0) is 20.3 Å². The molecule has 5 nitrogen and oxygen atoms in total. The average Bonchev–Trinajstić information content (AvgIpc) is 2.80. The summed E-state index contributed by atoms with van der Waals surface area (Å²) >= 11 is 0. The van der Waals surface area contributed by atoms with E-state index in [9.17, 15) is 0 Å². The van der Waals surface area contributed by atoms with Crippen LogP contribution in [0.5, 0.6) is 0 Å². The van der Waals surface area contributed by atoms with Crippen molar-refractivity contribution in [1.82, 2.24) is 19.5 Å². The SMILES string of the molecule is CCc1cc(NC(C)Cn2ccnc2)nc(C)n1. The van der Waals surface area contributed by atoms with Crippen LogP contribution in [0.15, 0.2) is 24.8 Å². The highest BCUT2D eigenvalue weighted by atomic mass is 15.1. The normalized spacial score (nSPS) is 12.4. The van der Waals surface area contributed by atoms with Crippen LogP contribution in [0, 0.1) is 6.92 Å². The molecule has 1 N–H and O–H groups in total. The number of aryl methyl sites for hydroxylation is 2. The number of anilines is 1.